The van der Waals surface area contributed by atoms with Gasteiger partial charge in [0.25, 0.3) is 5.91 Å². The molecule has 3 atom stereocenters. The molecule has 3 amide bonds. The number of carbonyl (C=O) groups excluding carboxylic acids is 4. The number of H-pyrrole nitrogens is 1. The van der Waals surface area contributed by atoms with E-state index in [-0.39, 0.29) is 47.5 Å². The van der Waals surface area contributed by atoms with Crippen LogP contribution in [-0.4, -0.2) is 87.3 Å². The number of halogens is 1. The van der Waals surface area contributed by atoms with Gasteiger partial charge < -0.3 is 30.4 Å². The maximum absolute atomic E-state index is 14.3. The molecule has 3 fully saturated rings. The van der Waals surface area contributed by atoms with Gasteiger partial charge in [0.15, 0.2) is 0 Å². The van der Waals surface area contributed by atoms with Gasteiger partial charge in [0.05, 0.1) is 11.6 Å². The smallest absolute Gasteiger partial charge is 0.404 e. The van der Waals surface area contributed by atoms with Crippen LogP contribution < -0.4 is 11.1 Å². The van der Waals surface area contributed by atoms with Gasteiger partial charge in [-0.05, 0) is 112 Å². The van der Waals surface area contributed by atoms with Crippen molar-refractivity contribution in [3.63, 3.8) is 0 Å². The zero-order valence-corrected chi connectivity index (χ0v) is 28.6. The second kappa shape index (κ2) is 14.8. The number of hydrogen-bond acceptors (Lipinski definition) is 8. The number of nitrogens with one attached hydrogen (secondary N) is 2. The van der Waals surface area contributed by atoms with Crippen molar-refractivity contribution in [1.29, 1.82) is 0 Å². The van der Waals surface area contributed by atoms with E-state index in [1.807, 2.05) is 24.3 Å². The van der Waals surface area contributed by atoms with Crippen LogP contribution >= 0.6 is 0 Å². The molecule has 0 bridgehead atoms. The number of anilines is 1. The van der Waals surface area contributed by atoms with E-state index in [9.17, 15) is 23.6 Å². The van der Waals surface area contributed by atoms with E-state index in [2.05, 4.69) is 20.6 Å². The average Bonchev–Trinajstić information content (AvgIpc) is 3.90. The summed E-state index contributed by atoms with van der Waals surface area (Å²) in [5.41, 5.74) is 7.97. The quantitative estimate of drug-likeness (QED) is 0.213. The van der Waals surface area contributed by atoms with Crippen molar-refractivity contribution in [1.82, 2.24) is 24.9 Å². The maximum atomic E-state index is 14.3. The third-order valence-electron chi connectivity index (χ3n) is 11.4. The largest absolute Gasteiger partial charge is 0.443 e. The number of rotatable bonds is 9. The fraction of sp³-hybridized carbons (Fsp3) is 0.514. The molecule has 0 radical (unpaired) electrons. The zero-order valence-electron chi connectivity index (χ0n) is 28.6. The molecule has 13 nitrogen and oxygen atoms in total. The first-order chi connectivity index (χ1) is 24.7. The average molecular weight is 702 g/mol. The van der Waals surface area contributed by atoms with Crippen molar-refractivity contribution < 1.29 is 33.0 Å². The Morgan fingerprint density at radius 1 is 1.00 bits per heavy atom. The lowest BCUT2D eigenvalue weighted by atomic mass is 9.75. The van der Waals surface area contributed by atoms with Gasteiger partial charge in [-0.2, -0.15) is 4.68 Å². The number of aromatic nitrogens is 4. The number of amides is 3. The van der Waals surface area contributed by atoms with Crippen LogP contribution in [0.2, 0.25) is 0 Å². The molecule has 51 heavy (non-hydrogen) atoms. The molecule has 1 aliphatic heterocycles. The Balaban J connectivity index is 1.08. The van der Waals surface area contributed by atoms with Crippen molar-refractivity contribution >= 4 is 51.4 Å². The molecule has 0 unspecified atom stereocenters. The van der Waals surface area contributed by atoms with Gasteiger partial charge in [0, 0.05) is 36.2 Å². The fourth-order valence-electron chi connectivity index (χ4n) is 8.70. The van der Waals surface area contributed by atoms with E-state index in [0.29, 0.717) is 54.6 Å². The molecule has 4 N–H and O–H groups in total. The van der Waals surface area contributed by atoms with Gasteiger partial charge >= 0.3 is 6.09 Å². The number of nitrogens with zero attached hydrogens (tertiary/aromatic N) is 4. The van der Waals surface area contributed by atoms with E-state index >= 15 is 0 Å². The summed E-state index contributed by atoms with van der Waals surface area (Å²) in [6, 6.07) is 13.7. The molecule has 3 aliphatic rings. The number of fused-ring (bicyclic) bond motifs is 2. The standard InChI is InChI=1S/C37H44FN7O6/c1-50-26-13-10-21(11-14-26)27-16-17-44(35(47)23-8-6-22(7-9-23)32(20-38)51-37(39)49)33(27)34(46)40-25-12-15-28-24(18-25)19-30(41-28)36(48)45-31-5-3-2-4-29(31)42-43-45/h2-5,12,15,18-19,21-23,26-27,32-33,41H,6-11,13-14,16-17,20H2,1H3,(H2,39,49)(H,40,46)/t21-,22-,23-,26-,27-,32+,33-/m0/s1. The Kier molecular flexibility index (Phi) is 10.0. The first-order valence-corrected chi connectivity index (χ1v) is 17.9. The topological polar surface area (TPSA) is 175 Å². The highest BCUT2D eigenvalue weighted by Crippen LogP contribution is 2.42. The third kappa shape index (κ3) is 7.06. The van der Waals surface area contributed by atoms with Gasteiger partial charge in [-0.15, -0.1) is 5.10 Å². The molecule has 2 aromatic heterocycles. The molecular weight excluding hydrogens is 657 g/mol. The Morgan fingerprint density at radius 3 is 2.49 bits per heavy atom. The van der Waals surface area contributed by atoms with E-state index in [1.54, 1.807) is 36.3 Å². The minimum Gasteiger partial charge on any atom is -0.443 e. The molecule has 4 aromatic rings. The summed E-state index contributed by atoms with van der Waals surface area (Å²) in [5.74, 6) is -0.872. The van der Waals surface area contributed by atoms with Crippen molar-refractivity contribution in [3.8, 4) is 0 Å². The molecule has 1 saturated heterocycles. The lowest BCUT2D eigenvalue weighted by Crippen LogP contribution is -2.50. The van der Waals surface area contributed by atoms with Crippen molar-refractivity contribution in [2.24, 2.45) is 29.4 Å². The van der Waals surface area contributed by atoms with Gasteiger partial charge in [-0.1, -0.05) is 17.3 Å². The first-order valence-electron chi connectivity index (χ1n) is 17.9. The number of nitrogens with two attached hydrogens (primary N) is 1. The molecule has 2 aromatic carbocycles. The van der Waals surface area contributed by atoms with Gasteiger partial charge in [-0.25, -0.2) is 9.18 Å². The third-order valence-corrected chi connectivity index (χ3v) is 11.4. The number of alkyl halides is 1. The number of hydrogen-bond donors (Lipinski definition) is 3. The van der Waals surface area contributed by atoms with Crippen molar-refractivity contribution in [2.75, 3.05) is 25.6 Å². The van der Waals surface area contributed by atoms with Crippen molar-refractivity contribution in [3.05, 3.63) is 54.2 Å². The SMILES string of the molecule is CO[C@H]1CC[C@H]([C@@H]2CCN(C(=O)[C@H]3CC[C@H]([C@@H](CF)OC(N)=O)CC3)[C@@H]2C(=O)Nc2ccc3[nH]c(C(=O)n4nnc5ccccc54)cc3c2)CC1. The number of ether oxygens (including phenoxy) is 2. The highest BCUT2D eigenvalue weighted by molar-refractivity contribution is 6.04. The normalized spacial score (nSPS) is 25.9. The number of para-hydroxylation sites is 1. The summed E-state index contributed by atoms with van der Waals surface area (Å²) in [5, 5.41) is 12.0. The molecule has 14 heteroatoms. The summed E-state index contributed by atoms with van der Waals surface area (Å²) in [4.78, 5) is 58.0. The van der Waals surface area contributed by atoms with Crippen LogP contribution in [0.3, 0.4) is 0 Å². The van der Waals surface area contributed by atoms with Crippen molar-refractivity contribution in [2.45, 2.75) is 76.0 Å². The Hall–Kier alpha value is -4.85. The summed E-state index contributed by atoms with van der Waals surface area (Å²) in [7, 11) is 1.73. The molecule has 270 valence electrons. The predicted molar refractivity (Wildman–Crippen MR) is 186 cm³/mol. The van der Waals surface area contributed by atoms with Crippen LogP contribution in [0.15, 0.2) is 48.5 Å². The van der Waals surface area contributed by atoms with E-state index in [1.165, 1.54) is 4.68 Å². The zero-order chi connectivity index (χ0) is 35.6. The van der Waals surface area contributed by atoms with Gasteiger partial charge in [-0.3, -0.25) is 14.4 Å². The maximum Gasteiger partial charge on any atom is 0.404 e. The number of aromatic amines is 1. The van der Waals surface area contributed by atoms with Crippen LogP contribution in [0.4, 0.5) is 14.9 Å². The number of carbonyl (C=O) groups is 4. The number of likely N-dealkylation sites (tertiary alicyclic amines) is 1. The lowest BCUT2D eigenvalue weighted by Gasteiger charge is -2.37. The Bertz CT molecular complexity index is 1910. The molecule has 3 heterocycles. The van der Waals surface area contributed by atoms with Gasteiger partial charge in [0.2, 0.25) is 11.8 Å². The van der Waals surface area contributed by atoms with E-state index in [0.717, 1.165) is 43.0 Å². The van der Waals surface area contributed by atoms with E-state index in [4.69, 9.17) is 15.2 Å². The highest BCUT2D eigenvalue weighted by atomic mass is 19.1. The van der Waals surface area contributed by atoms with Crippen LogP contribution in [0.1, 0.15) is 68.3 Å². The second-order valence-corrected chi connectivity index (χ2v) is 14.2. The van der Waals surface area contributed by atoms with E-state index < -0.39 is 24.9 Å². The minimum absolute atomic E-state index is 0.000645. The first kappa shape index (κ1) is 34.6. The second-order valence-electron chi connectivity index (χ2n) is 14.2. The summed E-state index contributed by atoms with van der Waals surface area (Å²) < 4.78 is 25.5. The minimum atomic E-state index is -1.00. The van der Waals surface area contributed by atoms with Gasteiger partial charge in [0.1, 0.15) is 30.0 Å². The lowest BCUT2D eigenvalue weighted by molar-refractivity contribution is -0.142. The summed E-state index contributed by atoms with van der Waals surface area (Å²) in [6.45, 7) is -0.332. The number of primary amides is 1. The Morgan fingerprint density at radius 2 is 1.76 bits per heavy atom. The van der Waals surface area contributed by atoms with Crippen LogP contribution in [-0.2, 0) is 19.1 Å². The van der Waals surface area contributed by atoms with Crippen LogP contribution in [0.25, 0.3) is 21.9 Å². The highest BCUT2D eigenvalue weighted by Gasteiger charge is 2.47. The molecular formula is C37H44FN7O6. The monoisotopic (exact) mass is 701 g/mol. The summed E-state index contributed by atoms with van der Waals surface area (Å²) >= 11 is 0. The molecule has 2 aliphatic carbocycles. The molecule has 7 rings (SSSR count). The number of benzene rings is 2. The molecule has 2 saturated carbocycles. The van der Waals surface area contributed by atoms with Crippen LogP contribution in [0, 0.1) is 23.7 Å². The fourth-order valence-corrected chi connectivity index (χ4v) is 8.70. The predicted octanol–water partition coefficient (Wildman–Crippen LogP) is 5.20. The number of methoxy groups -OCH3 is 1. The summed E-state index contributed by atoms with van der Waals surface area (Å²) in [6.07, 6.45) is 4.82. The Labute approximate surface area is 294 Å². The van der Waals surface area contributed by atoms with Crippen LogP contribution in [0.5, 0.6) is 0 Å². The molecule has 0 spiro atoms.